The SMILES string of the molecule is C.C.C.CC(=O)[C@@H]1OC(C)(C)O[C@@H]1[C@H]1CO1.CC1(C)O[C@@H]2[C@H](CN3C(=O)c4ccccc4C3=O)OC(C)(O)[C@@H]2O1.CC1(C)O[C@@H]2[C@H](COS(C)(=O)=O)OC(C)(O)[C@@H]2O1.O=C1NC(=O)c2ccccc21.O=C1[N-]C(=O)c2ccccc21.[2HH].[K+]. The van der Waals surface area contributed by atoms with E-state index in [0.717, 1.165) is 11.2 Å². The fraction of sp³-hybridized carbons (Fsp3) is 0.545. The van der Waals surface area contributed by atoms with E-state index in [2.05, 4.69) is 14.8 Å². The Morgan fingerprint density at radius 3 is 1.40 bits per heavy atom. The van der Waals surface area contributed by atoms with Crippen LogP contribution in [0.15, 0.2) is 72.8 Å². The van der Waals surface area contributed by atoms with Gasteiger partial charge < -0.3 is 67.8 Å². The predicted octanol–water partition coefficient (Wildman–Crippen LogP) is 2.08. The van der Waals surface area contributed by atoms with Gasteiger partial charge in [-0.3, -0.25) is 38.4 Å². The molecule has 11 atom stereocenters. The van der Waals surface area contributed by atoms with Crippen LogP contribution >= 0.6 is 0 Å². The molecule has 9 aliphatic rings. The maximum absolute atomic E-state index is 12.5. The van der Waals surface area contributed by atoms with E-state index >= 15 is 0 Å². The Bertz CT molecular complexity index is 2820. The van der Waals surface area contributed by atoms with Crippen LogP contribution in [0.5, 0.6) is 0 Å². The molecule has 24 nitrogen and oxygen atoms in total. The van der Waals surface area contributed by atoms with Crippen LogP contribution in [0.3, 0.4) is 0 Å². The van der Waals surface area contributed by atoms with Gasteiger partial charge in [0.05, 0.1) is 60.1 Å². The zero-order valence-electron chi connectivity index (χ0n) is 44.7. The van der Waals surface area contributed by atoms with Crippen LogP contribution in [0, 0.1) is 0 Å². The summed E-state index contributed by atoms with van der Waals surface area (Å²) in [6.45, 7) is 15.5. The van der Waals surface area contributed by atoms with Crippen molar-refractivity contribution >= 4 is 51.3 Å². The van der Waals surface area contributed by atoms with Crippen LogP contribution in [-0.4, -0.2) is 175 Å². The average Bonchev–Trinajstić information content (AvgIpc) is 3.62. The molecule has 12 rings (SSSR count). The van der Waals surface area contributed by atoms with Gasteiger partial charge in [0.15, 0.2) is 34.7 Å². The van der Waals surface area contributed by atoms with Crippen molar-refractivity contribution in [3.05, 3.63) is 111 Å². The van der Waals surface area contributed by atoms with E-state index in [1.807, 2.05) is 13.8 Å². The van der Waals surface area contributed by atoms with Crippen molar-refractivity contribution in [2.45, 2.75) is 168 Å². The minimum atomic E-state index is -3.56. The molecule has 0 aromatic heterocycles. The number of rotatable bonds is 7. The topological polar surface area (TPSA) is 319 Å². The fourth-order valence-electron chi connectivity index (χ4n) is 9.68. The van der Waals surface area contributed by atoms with Gasteiger partial charge >= 0.3 is 51.4 Å². The summed E-state index contributed by atoms with van der Waals surface area (Å²) in [5, 5.41) is 26.0. The maximum atomic E-state index is 12.5. The number of benzene rings is 3. The third-order valence-electron chi connectivity index (χ3n) is 13.0. The molecule has 3 N–H and O–H groups in total. The molecule has 0 spiro atoms. The van der Waals surface area contributed by atoms with Crippen molar-refractivity contribution in [3.63, 3.8) is 0 Å². The molecule has 442 valence electrons. The van der Waals surface area contributed by atoms with Gasteiger partial charge in [-0.25, -0.2) is 0 Å². The summed E-state index contributed by atoms with van der Waals surface area (Å²) >= 11 is 0. The summed E-state index contributed by atoms with van der Waals surface area (Å²) in [5.74, 6) is -7.59. The number of imide groups is 3. The summed E-state index contributed by atoms with van der Waals surface area (Å²) in [6.07, 6.45) is -3.47. The Hall–Kier alpha value is -4.14. The number of amides is 6. The zero-order chi connectivity index (χ0) is 56.4. The Labute approximate surface area is 515 Å². The molecule has 26 heteroatoms. The summed E-state index contributed by atoms with van der Waals surface area (Å²) in [7, 11) is -3.56. The summed E-state index contributed by atoms with van der Waals surface area (Å²) < 4.78 is 76.4. The van der Waals surface area contributed by atoms with Crippen molar-refractivity contribution in [1.82, 2.24) is 10.2 Å². The van der Waals surface area contributed by atoms with Crippen molar-refractivity contribution in [2.24, 2.45) is 0 Å². The predicted molar refractivity (Wildman–Crippen MR) is 285 cm³/mol. The number of fused-ring (bicyclic) bond motifs is 5. The normalized spacial score (nSPS) is 31.2. The number of aliphatic hydroxyl groups is 2. The van der Waals surface area contributed by atoms with Crippen LogP contribution in [0.2, 0.25) is 0 Å². The Balaban J connectivity index is 0.000000274. The molecule has 3 aromatic rings. The van der Waals surface area contributed by atoms with E-state index in [0.29, 0.717) is 40.0 Å². The second-order valence-corrected chi connectivity index (χ2v) is 22.5. The van der Waals surface area contributed by atoms with Gasteiger partial charge in [0, 0.05) is 12.6 Å². The van der Waals surface area contributed by atoms with Gasteiger partial charge in [-0.2, -0.15) is 8.42 Å². The smallest absolute Gasteiger partial charge is 0.587 e. The number of carbonyl (C=O) groups excluding carboxylic acids is 7. The van der Waals surface area contributed by atoms with E-state index in [-0.39, 0.29) is 130 Å². The van der Waals surface area contributed by atoms with Crippen molar-refractivity contribution < 1.29 is 152 Å². The summed E-state index contributed by atoms with van der Waals surface area (Å²) in [6, 6.07) is 20.1. The van der Waals surface area contributed by atoms with Crippen molar-refractivity contribution in [3.8, 4) is 0 Å². The third-order valence-corrected chi connectivity index (χ3v) is 13.6. The van der Waals surface area contributed by atoms with Crippen LogP contribution in [0.4, 0.5) is 0 Å². The monoisotopic (exact) mass is 1180 g/mol. The van der Waals surface area contributed by atoms with Crippen LogP contribution in [0.1, 0.15) is 148 Å². The summed E-state index contributed by atoms with van der Waals surface area (Å²) in [4.78, 5) is 81.0. The average molecular weight is 1190 g/mol. The molecule has 6 fully saturated rings. The van der Waals surface area contributed by atoms with E-state index < -0.39 is 93.6 Å². The summed E-state index contributed by atoms with van der Waals surface area (Å²) in [5.41, 5.74) is 2.53. The number of nitrogens with zero attached hydrogens (tertiary/aromatic N) is 2. The Kier molecular flexibility index (Phi) is 22.3. The Morgan fingerprint density at radius 2 is 0.988 bits per heavy atom. The molecule has 0 saturated carbocycles. The third kappa shape index (κ3) is 15.8. The number of ether oxygens (including phenoxy) is 9. The maximum Gasteiger partial charge on any atom is 1.00 e. The molecule has 3 aromatic carbocycles. The number of carbonyl (C=O) groups is 7. The Morgan fingerprint density at radius 1 is 0.617 bits per heavy atom. The van der Waals surface area contributed by atoms with Crippen LogP contribution < -0.4 is 56.7 Å². The van der Waals surface area contributed by atoms with Gasteiger partial charge in [0.2, 0.25) is 0 Å². The molecular weight excluding hydrogens is 1110 g/mol. The van der Waals surface area contributed by atoms with Crippen molar-refractivity contribution in [2.75, 3.05) is 26.0 Å². The van der Waals surface area contributed by atoms with E-state index in [1.54, 1.807) is 100 Å². The largest absolute Gasteiger partial charge is 1.00 e. The minimum absolute atomic E-state index is 0. The van der Waals surface area contributed by atoms with Gasteiger partial charge in [-0.15, -0.1) is 0 Å². The quantitative estimate of drug-likeness (QED) is 0.132. The number of epoxide rings is 1. The van der Waals surface area contributed by atoms with Gasteiger partial charge in [0.1, 0.15) is 54.9 Å². The number of hydrogen-bond acceptors (Lipinski definition) is 21. The van der Waals surface area contributed by atoms with Crippen LogP contribution in [0.25, 0.3) is 5.32 Å². The standard InChI is InChI=1S/C17H19NO6.C10H18O7S.C9H14O4.2C8H5NO2.3CH4.K.H2/c1-16(2)23-12-11(22-17(3,21)13(12)24-16)8-18-14(19)9-6-4-5-7-10(9)15(18)20;1-9(2)16-7-6(5-14-18(4,12)13)15-10(3,11)8(7)17-9;1-5(10)7-8(6-4-11-6)13-9(2,3)12-7;2*10-7-5-3-1-2-4-6(5)8(11)9-7;;;;;/h4-7,11-13,21H,8H2,1-3H3;6-8,11H,5H2,1-4H3;6-8H,4H2,1-3H3;2*1-4H,(H,9,10,11);3*1H4;;1H/q;;;;;;;;+1;/p-1/t11-,12+,13+,17?;6-,7+,8+,10?;6-,7+,8-;;;;;;;/m001......./s1/i;;;;;;;;;1+1. The molecule has 9 heterocycles. The van der Waals surface area contributed by atoms with Gasteiger partial charge in [-0.05, 0) is 86.6 Å². The number of nitrogens with one attached hydrogen (secondary N) is 1. The molecule has 9 aliphatic heterocycles. The van der Waals surface area contributed by atoms with E-state index in [1.165, 1.54) is 20.8 Å². The second-order valence-electron chi connectivity index (χ2n) is 20.8. The van der Waals surface area contributed by atoms with Crippen molar-refractivity contribution in [1.29, 1.82) is 0 Å². The zero-order valence-corrected chi connectivity index (χ0v) is 48.6. The number of ketones is 1. The second kappa shape index (κ2) is 26.0. The van der Waals surface area contributed by atoms with Crippen LogP contribution in [-0.2, 0) is 61.7 Å². The molecular formula is C55H74KN3O21S. The molecule has 2 unspecified atom stereocenters. The fourth-order valence-corrected chi connectivity index (χ4v) is 10.1. The molecule has 6 saturated heterocycles. The molecule has 6 amide bonds. The molecule has 0 radical (unpaired) electrons. The van der Waals surface area contributed by atoms with E-state index in [4.69, 9.17) is 42.6 Å². The first kappa shape index (κ1) is 69.3. The molecule has 0 bridgehead atoms. The first-order valence-electron chi connectivity index (χ1n) is 24.4. The van der Waals surface area contributed by atoms with Gasteiger partial charge in [-0.1, -0.05) is 70.8 Å². The van der Waals surface area contributed by atoms with Gasteiger partial charge in [0.25, 0.3) is 33.7 Å². The first-order valence-corrected chi connectivity index (χ1v) is 26.2. The molecule has 0 aliphatic carbocycles. The number of hydrogen-bond donors (Lipinski definition) is 3. The first-order chi connectivity index (χ1) is 35.8. The minimum Gasteiger partial charge on any atom is -0.587 e. The number of Topliss-reactive ketones (excluding diaryl/α,β-unsaturated/α-hetero) is 1. The van der Waals surface area contributed by atoms with E-state index in [9.17, 15) is 52.2 Å². The molecule has 81 heavy (non-hydrogen) atoms.